The van der Waals surface area contributed by atoms with Crippen molar-refractivity contribution in [3.8, 4) is 0 Å². The van der Waals surface area contributed by atoms with Gasteiger partial charge in [-0.1, -0.05) is 18.2 Å². The molecule has 0 bridgehead atoms. The number of aromatic nitrogens is 1. The van der Waals surface area contributed by atoms with Crippen LogP contribution in [0.5, 0.6) is 0 Å². The molecule has 3 rings (SSSR count). The Labute approximate surface area is 129 Å². The number of carbonyl (C=O) groups excluding carboxylic acids is 1. The van der Waals surface area contributed by atoms with Crippen molar-refractivity contribution in [2.75, 3.05) is 17.2 Å². The van der Waals surface area contributed by atoms with Crippen LogP contribution < -0.4 is 10.6 Å². The Kier molecular flexibility index (Phi) is 4.10. The molecule has 0 radical (unpaired) electrons. The molecule has 0 aliphatic heterocycles. The van der Waals surface area contributed by atoms with Gasteiger partial charge in [-0.3, -0.25) is 4.79 Å². The van der Waals surface area contributed by atoms with Gasteiger partial charge >= 0.3 is 0 Å². The van der Waals surface area contributed by atoms with E-state index in [0.29, 0.717) is 0 Å². The van der Waals surface area contributed by atoms with E-state index in [4.69, 9.17) is 0 Å². The lowest BCUT2D eigenvalue weighted by Gasteiger charge is -2.07. The summed E-state index contributed by atoms with van der Waals surface area (Å²) in [6.45, 7) is 2.37. The summed E-state index contributed by atoms with van der Waals surface area (Å²) in [5, 5.41) is 7.44. The molecular weight excluding hydrogens is 274 g/mol. The van der Waals surface area contributed by atoms with Crippen LogP contribution in [0, 0.1) is 0 Å². The Hall–Kier alpha value is -2.75. The van der Waals surface area contributed by atoms with Gasteiger partial charge in [0.15, 0.2) is 0 Å². The van der Waals surface area contributed by atoms with E-state index < -0.39 is 0 Å². The number of rotatable bonds is 5. The van der Waals surface area contributed by atoms with Crippen molar-refractivity contribution in [3.63, 3.8) is 0 Å². The van der Waals surface area contributed by atoms with Crippen LogP contribution in [-0.4, -0.2) is 17.4 Å². The number of carbonyl (C=O) groups is 1. The zero-order valence-electron chi connectivity index (χ0n) is 12.5. The zero-order chi connectivity index (χ0) is 15.4. The third-order valence-corrected chi connectivity index (χ3v) is 3.60. The molecule has 1 aromatic heterocycles. The predicted octanol–water partition coefficient (Wildman–Crippen LogP) is 3.78. The number of H-pyrrole nitrogens is 1. The van der Waals surface area contributed by atoms with E-state index in [9.17, 15) is 4.79 Å². The first kappa shape index (κ1) is 14.2. The summed E-state index contributed by atoms with van der Waals surface area (Å²) in [5.41, 5.74) is 4.36. The van der Waals surface area contributed by atoms with E-state index in [1.807, 2.05) is 30.3 Å². The van der Waals surface area contributed by atoms with E-state index in [2.05, 4.69) is 40.0 Å². The van der Waals surface area contributed by atoms with Gasteiger partial charge in [-0.2, -0.15) is 0 Å². The second-order valence-electron chi connectivity index (χ2n) is 5.29. The van der Waals surface area contributed by atoms with Gasteiger partial charge < -0.3 is 15.6 Å². The van der Waals surface area contributed by atoms with Crippen molar-refractivity contribution < 1.29 is 4.79 Å². The Morgan fingerprint density at radius 1 is 1.05 bits per heavy atom. The third-order valence-electron chi connectivity index (χ3n) is 3.60. The van der Waals surface area contributed by atoms with Gasteiger partial charge in [-0.15, -0.1) is 0 Å². The van der Waals surface area contributed by atoms with E-state index >= 15 is 0 Å². The molecule has 0 unspecified atom stereocenters. The van der Waals surface area contributed by atoms with Gasteiger partial charge in [-0.05, 0) is 42.3 Å². The molecule has 3 aromatic rings. The molecule has 4 heteroatoms. The highest BCUT2D eigenvalue weighted by Crippen LogP contribution is 2.18. The molecule has 3 N–H and O–H groups in total. The number of aromatic amines is 1. The van der Waals surface area contributed by atoms with E-state index in [0.717, 1.165) is 24.3 Å². The fourth-order valence-electron chi connectivity index (χ4n) is 2.55. The number of para-hydroxylation sites is 1. The molecule has 4 nitrogen and oxygen atoms in total. The number of anilines is 2. The van der Waals surface area contributed by atoms with Crippen LogP contribution in [0.25, 0.3) is 10.9 Å². The fourth-order valence-corrected chi connectivity index (χ4v) is 2.55. The van der Waals surface area contributed by atoms with Gasteiger partial charge in [0.05, 0.1) is 0 Å². The number of hydrogen-bond acceptors (Lipinski definition) is 2. The first-order valence-corrected chi connectivity index (χ1v) is 7.39. The predicted molar refractivity (Wildman–Crippen MR) is 91.2 cm³/mol. The highest BCUT2D eigenvalue weighted by Gasteiger charge is 2.02. The van der Waals surface area contributed by atoms with Crippen LogP contribution >= 0.6 is 0 Å². The minimum atomic E-state index is -0.0555. The fraction of sp³-hybridized carbons (Fsp3) is 0.167. The normalized spacial score (nSPS) is 10.6. The van der Waals surface area contributed by atoms with Gasteiger partial charge in [0.2, 0.25) is 5.91 Å². The molecule has 22 heavy (non-hydrogen) atoms. The van der Waals surface area contributed by atoms with Gasteiger partial charge in [0.1, 0.15) is 0 Å². The number of benzene rings is 2. The summed E-state index contributed by atoms with van der Waals surface area (Å²) >= 11 is 0. The Morgan fingerprint density at radius 3 is 2.55 bits per heavy atom. The minimum Gasteiger partial charge on any atom is -0.385 e. The lowest BCUT2D eigenvalue weighted by molar-refractivity contribution is -0.114. The Balaban J connectivity index is 1.57. The van der Waals surface area contributed by atoms with Crippen molar-refractivity contribution in [2.24, 2.45) is 0 Å². The van der Waals surface area contributed by atoms with E-state index in [1.165, 1.54) is 23.4 Å². The molecule has 0 saturated carbocycles. The van der Waals surface area contributed by atoms with E-state index in [-0.39, 0.29) is 5.91 Å². The van der Waals surface area contributed by atoms with Crippen LogP contribution in [0.15, 0.2) is 54.7 Å². The SMILES string of the molecule is CC(=O)Nc1ccc(NCCc2c[nH]c3ccccc23)cc1. The van der Waals surface area contributed by atoms with Gasteiger partial charge in [0, 0.05) is 41.9 Å². The maximum absolute atomic E-state index is 11.0. The van der Waals surface area contributed by atoms with Gasteiger partial charge in [0.25, 0.3) is 0 Å². The minimum absolute atomic E-state index is 0.0555. The zero-order valence-corrected chi connectivity index (χ0v) is 12.5. The summed E-state index contributed by atoms with van der Waals surface area (Å²) in [6.07, 6.45) is 3.03. The third kappa shape index (κ3) is 3.28. The topological polar surface area (TPSA) is 56.9 Å². The molecule has 1 heterocycles. The lowest BCUT2D eigenvalue weighted by atomic mass is 10.1. The summed E-state index contributed by atoms with van der Waals surface area (Å²) in [4.78, 5) is 14.3. The Bertz CT molecular complexity index is 774. The standard InChI is InChI=1S/C18H19N3O/c1-13(22)21-16-8-6-15(7-9-16)19-11-10-14-12-20-18-5-3-2-4-17(14)18/h2-9,12,19-20H,10-11H2,1H3,(H,21,22). The summed E-state index contributed by atoms with van der Waals surface area (Å²) < 4.78 is 0. The number of hydrogen-bond donors (Lipinski definition) is 3. The van der Waals surface area contributed by atoms with Crippen molar-refractivity contribution >= 4 is 28.2 Å². The van der Waals surface area contributed by atoms with Crippen molar-refractivity contribution in [1.82, 2.24) is 4.98 Å². The second kappa shape index (κ2) is 6.35. The maximum Gasteiger partial charge on any atom is 0.221 e. The largest absolute Gasteiger partial charge is 0.385 e. The molecule has 0 fully saturated rings. The Morgan fingerprint density at radius 2 is 1.77 bits per heavy atom. The molecule has 0 spiro atoms. The van der Waals surface area contributed by atoms with Crippen LogP contribution in [-0.2, 0) is 11.2 Å². The molecule has 1 amide bonds. The second-order valence-corrected chi connectivity index (χ2v) is 5.29. The van der Waals surface area contributed by atoms with Crippen LogP contribution in [0.2, 0.25) is 0 Å². The first-order chi connectivity index (χ1) is 10.7. The van der Waals surface area contributed by atoms with Gasteiger partial charge in [-0.25, -0.2) is 0 Å². The average molecular weight is 293 g/mol. The van der Waals surface area contributed by atoms with E-state index in [1.54, 1.807) is 0 Å². The summed E-state index contributed by atoms with van der Waals surface area (Å²) in [6, 6.07) is 16.1. The number of amides is 1. The molecule has 112 valence electrons. The number of nitrogens with one attached hydrogen (secondary N) is 3. The molecule has 0 aliphatic rings. The maximum atomic E-state index is 11.0. The van der Waals surface area contributed by atoms with Crippen LogP contribution in [0.4, 0.5) is 11.4 Å². The number of fused-ring (bicyclic) bond motifs is 1. The quantitative estimate of drug-likeness (QED) is 0.670. The smallest absolute Gasteiger partial charge is 0.221 e. The summed E-state index contributed by atoms with van der Waals surface area (Å²) in [5.74, 6) is -0.0555. The molecular formula is C18H19N3O. The lowest BCUT2D eigenvalue weighted by Crippen LogP contribution is -2.07. The van der Waals surface area contributed by atoms with Crippen molar-refractivity contribution in [2.45, 2.75) is 13.3 Å². The molecule has 0 aliphatic carbocycles. The molecule has 0 saturated heterocycles. The molecule has 0 atom stereocenters. The van der Waals surface area contributed by atoms with Crippen molar-refractivity contribution in [3.05, 3.63) is 60.3 Å². The van der Waals surface area contributed by atoms with Crippen molar-refractivity contribution in [1.29, 1.82) is 0 Å². The monoisotopic (exact) mass is 293 g/mol. The first-order valence-electron chi connectivity index (χ1n) is 7.39. The molecule has 2 aromatic carbocycles. The van der Waals surface area contributed by atoms with Crippen LogP contribution in [0.3, 0.4) is 0 Å². The summed E-state index contributed by atoms with van der Waals surface area (Å²) in [7, 11) is 0. The highest BCUT2D eigenvalue weighted by molar-refractivity contribution is 5.88. The highest BCUT2D eigenvalue weighted by atomic mass is 16.1. The van der Waals surface area contributed by atoms with Crippen LogP contribution in [0.1, 0.15) is 12.5 Å². The average Bonchev–Trinajstić information content (AvgIpc) is 2.92.